The lowest BCUT2D eigenvalue weighted by molar-refractivity contribution is -0.193. The van der Waals surface area contributed by atoms with Gasteiger partial charge in [0.2, 0.25) is 0 Å². The number of halogens is 9. The summed E-state index contributed by atoms with van der Waals surface area (Å²) in [4.78, 5) is 38.9. The summed E-state index contributed by atoms with van der Waals surface area (Å²) in [6.07, 6.45) is -11.3. The first-order chi connectivity index (χ1) is 20.1. The third-order valence-corrected chi connectivity index (χ3v) is 5.60. The fourth-order valence-corrected chi connectivity index (χ4v) is 3.43. The van der Waals surface area contributed by atoms with Gasteiger partial charge in [0, 0.05) is 52.0 Å². The Hall–Kier alpha value is -3.85. The monoisotopic (exact) mass is 657 g/mol. The van der Waals surface area contributed by atoms with Gasteiger partial charge in [-0.25, -0.2) is 19.4 Å². The Morgan fingerprint density at radius 3 is 1.64 bits per heavy atom. The van der Waals surface area contributed by atoms with Crippen LogP contribution in [0.4, 0.5) is 39.5 Å². The molecule has 0 bridgehead atoms. The second-order valence-corrected chi connectivity index (χ2v) is 9.12. The Balaban J connectivity index is 0.000000379. The number of aliphatic carboxylic acids is 3. The molecule has 0 aromatic carbocycles. The van der Waals surface area contributed by atoms with Crippen LogP contribution in [-0.2, 0) is 40.6 Å². The number of hydrogen-bond acceptors (Lipinski definition) is 8. The number of alkyl halides is 9. The number of nitrogens with zero attached hydrogens (tertiary/aromatic N) is 5. The maximum Gasteiger partial charge on any atom is 0.490 e. The van der Waals surface area contributed by atoms with Crippen molar-refractivity contribution >= 4 is 17.9 Å². The molecule has 0 aliphatic carbocycles. The molecule has 4 heterocycles. The van der Waals surface area contributed by atoms with Gasteiger partial charge >= 0.3 is 36.4 Å². The van der Waals surface area contributed by atoms with Gasteiger partial charge < -0.3 is 29.2 Å². The van der Waals surface area contributed by atoms with E-state index in [9.17, 15) is 39.5 Å². The van der Waals surface area contributed by atoms with E-state index < -0.39 is 36.4 Å². The van der Waals surface area contributed by atoms with Crippen molar-refractivity contribution in [1.82, 2.24) is 24.3 Å². The standard InChI is InChI=1S/C17H25N5O.3C2HF3O2/c1-19-4-6-20(7-5-19)11-15-12-22-9-8-21(14-17(22)18-15)13-16-3-2-10-23-16;3*3-2(4,5)1(6)7/h2-3,10,12H,4-9,11,13-14H2,1H3;3*(H,6,7). The first-order valence-electron chi connectivity index (χ1n) is 12.2. The van der Waals surface area contributed by atoms with E-state index in [0.29, 0.717) is 0 Å². The number of fused-ring (bicyclic) bond motifs is 1. The van der Waals surface area contributed by atoms with Crippen molar-refractivity contribution in [3.63, 3.8) is 0 Å². The van der Waals surface area contributed by atoms with Crippen molar-refractivity contribution < 1.29 is 73.6 Å². The van der Waals surface area contributed by atoms with E-state index in [1.54, 1.807) is 6.26 Å². The zero-order valence-corrected chi connectivity index (χ0v) is 22.8. The summed E-state index contributed by atoms with van der Waals surface area (Å²) in [6, 6.07) is 3.99. The number of furan rings is 1. The molecule has 3 N–H and O–H groups in total. The van der Waals surface area contributed by atoms with Gasteiger partial charge in [0.1, 0.15) is 11.6 Å². The molecular formula is C23H28F9N5O7. The third kappa shape index (κ3) is 14.6. The number of carboxylic acid groups (broad SMARTS) is 3. The van der Waals surface area contributed by atoms with Crippen LogP contribution in [0.2, 0.25) is 0 Å². The number of likely N-dealkylation sites (N-methyl/N-ethyl adjacent to an activating group) is 1. The van der Waals surface area contributed by atoms with Crippen molar-refractivity contribution in [2.75, 3.05) is 39.8 Å². The smallest absolute Gasteiger partial charge is 0.475 e. The van der Waals surface area contributed by atoms with Gasteiger partial charge in [0.15, 0.2) is 0 Å². The highest BCUT2D eigenvalue weighted by Crippen LogP contribution is 2.18. The van der Waals surface area contributed by atoms with Gasteiger partial charge in [0.25, 0.3) is 0 Å². The normalized spacial score (nSPS) is 16.2. The van der Waals surface area contributed by atoms with E-state index >= 15 is 0 Å². The van der Waals surface area contributed by atoms with Crippen LogP contribution in [0.15, 0.2) is 29.0 Å². The summed E-state index contributed by atoms with van der Waals surface area (Å²) >= 11 is 0. The van der Waals surface area contributed by atoms with Crippen molar-refractivity contribution in [1.29, 1.82) is 0 Å². The summed E-state index contributed by atoms with van der Waals surface area (Å²) in [5, 5.41) is 21.4. The highest BCUT2D eigenvalue weighted by Gasteiger charge is 2.39. The summed E-state index contributed by atoms with van der Waals surface area (Å²) in [7, 11) is 2.19. The molecule has 12 nitrogen and oxygen atoms in total. The van der Waals surface area contributed by atoms with E-state index in [4.69, 9.17) is 39.1 Å². The number of hydrogen-bond donors (Lipinski definition) is 3. The molecular weight excluding hydrogens is 629 g/mol. The predicted octanol–water partition coefficient (Wildman–Crippen LogP) is 3.14. The molecule has 2 aromatic rings. The summed E-state index contributed by atoms with van der Waals surface area (Å²) in [5.41, 5.74) is 1.21. The lowest BCUT2D eigenvalue weighted by Crippen LogP contribution is -2.43. The van der Waals surface area contributed by atoms with Crippen LogP contribution >= 0.6 is 0 Å². The van der Waals surface area contributed by atoms with Gasteiger partial charge in [-0.15, -0.1) is 0 Å². The molecule has 2 aliphatic rings. The Morgan fingerprint density at radius 2 is 1.23 bits per heavy atom. The quantitative estimate of drug-likeness (QED) is 0.416. The Kier molecular flexibility index (Phi) is 14.1. The van der Waals surface area contributed by atoms with Crippen LogP contribution in [0.5, 0.6) is 0 Å². The third-order valence-electron chi connectivity index (χ3n) is 5.60. The van der Waals surface area contributed by atoms with Crippen molar-refractivity contribution in [2.45, 2.75) is 44.7 Å². The molecule has 0 amide bonds. The van der Waals surface area contributed by atoms with Crippen molar-refractivity contribution in [2.24, 2.45) is 0 Å². The molecule has 4 rings (SSSR count). The fourth-order valence-electron chi connectivity index (χ4n) is 3.43. The van der Waals surface area contributed by atoms with E-state index in [2.05, 4.69) is 32.5 Å². The topological polar surface area (TPSA) is 153 Å². The maximum absolute atomic E-state index is 10.6. The molecule has 1 fully saturated rings. The minimum absolute atomic E-state index is 0.869. The zero-order valence-electron chi connectivity index (χ0n) is 22.8. The molecule has 250 valence electrons. The fraction of sp³-hybridized carbons (Fsp3) is 0.565. The summed E-state index contributed by atoms with van der Waals surface area (Å²) in [6.45, 7) is 9.43. The zero-order chi connectivity index (χ0) is 33.9. The Morgan fingerprint density at radius 1 is 0.773 bits per heavy atom. The average molecular weight is 657 g/mol. The first-order valence-corrected chi connectivity index (χ1v) is 12.2. The van der Waals surface area contributed by atoms with Crippen LogP contribution in [0.25, 0.3) is 0 Å². The van der Waals surface area contributed by atoms with E-state index in [0.717, 1.165) is 64.7 Å². The minimum atomic E-state index is -5.08. The molecule has 0 saturated carbocycles. The molecule has 1 saturated heterocycles. The van der Waals surface area contributed by atoms with Gasteiger partial charge in [-0.1, -0.05) is 0 Å². The number of piperazine rings is 1. The van der Waals surface area contributed by atoms with Crippen molar-refractivity contribution in [3.05, 3.63) is 41.9 Å². The molecule has 44 heavy (non-hydrogen) atoms. The number of carboxylic acids is 3. The number of aromatic nitrogens is 2. The van der Waals surface area contributed by atoms with E-state index in [1.807, 2.05) is 12.1 Å². The maximum atomic E-state index is 10.6. The highest BCUT2D eigenvalue weighted by molar-refractivity contribution is 5.73. The molecule has 0 atom stereocenters. The van der Waals surface area contributed by atoms with Crippen LogP contribution in [0.3, 0.4) is 0 Å². The SMILES string of the molecule is CN1CCN(Cc2cn3c(n2)CN(Cc2ccco2)CC3)CC1.O=C(O)C(F)(F)F.O=C(O)C(F)(F)F.O=C(O)C(F)(F)F. The first kappa shape index (κ1) is 38.2. The Bertz CT molecular complexity index is 1130. The molecule has 2 aliphatic heterocycles. The summed E-state index contributed by atoms with van der Waals surface area (Å²) in [5.74, 6) is -6.05. The molecule has 2 aromatic heterocycles. The highest BCUT2D eigenvalue weighted by atomic mass is 19.4. The molecule has 21 heteroatoms. The molecule has 0 radical (unpaired) electrons. The minimum Gasteiger partial charge on any atom is -0.475 e. The van der Waals surface area contributed by atoms with E-state index in [-0.39, 0.29) is 0 Å². The molecule has 0 spiro atoms. The number of carbonyl (C=O) groups is 3. The second-order valence-electron chi connectivity index (χ2n) is 9.12. The lowest BCUT2D eigenvalue weighted by atomic mass is 10.3. The number of rotatable bonds is 4. The second kappa shape index (κ2) is 16.3. The van der Waals surface area contributed by atoms with E-state index in [1.165, 1.54) is 11.5 Å². The number of imidazole rings is 1. The summed E-state index contributed by atoms with van der Waals surface area (Å²) < 4.78 is 103. The lowest BCUT2D eigenvalue weighted by Gasteiger charge is -2.31. The van der Waals surface area contributed by atoms with Gasteiger partial charge in [0.05, 0.1) is 25.0 Å². The van der Waals surface area contributed by atoms with Crippen LogP contribution in [0, 0.1) is 0 Å². The Labute approximate surface area is 242 Å². The molecule has 0 unspecified atom stereocenters. The van der Waals surface area contributed by atoms with Crippen LogP contribution < -0.4 is 0 Å². The average Bonchev–Trinajstić information content (AvgIpc) is 3.54. The van der Waals surface area contributed by atoms with Crippen LogP contribution in [-0.4, -0.2) is 116 Å². The van der Waals surface area contributed by atoms with Gasteiger partial charge in [-0.2, -0.15) is 39.5 Å². The van der Waals surface area contributed by atoms with Gasteiger partial charge in [-0.3, -0.25) is 9.80 Å². The van der Waals surface area contributed by atoms with Gasteiger partial charge in [-0.05, 0) is 19.2 Å². The van der Waals surface area contributed by atoms with Crippen LogP contribution in [0.1, 0.15) is 17.3 Å². The van der Waals surface area contributed by atoms with Crippen molar-refractivity contribution in [3.8, 4) is 0 Å². The predicted molar refractivity (Wildman–Crippen MR) is 129 cm³/mol. The largest absolute Gasteiger partial charge is 0.490 e.